The highest BCUT2D eigenvalue weighted by Gasteiger charge is 2.05. The van der Waals surface area contributed by atoms with Crippen LogP contribution < -0.4 is 15.2 Å². The van der Waals surface area contributed by atoms with Crippen LogP contribution in [0.1, 0.15) is 11.1 Å². The molecule has 0 spiro atoms. The lowest BCUT2D eigenvalue weighted by molar-refractivity contribution is 0.394. The summed E-state index contributed by atoms with van der Waals surface area (Å²) in [7, 11) is 3.21. The van der Waals surface area contributed by atoms with Gasteiger partial charge in [0, 0.05) is 17.8 Å². The third-order valence-electron chi connectivity index (χ3n) is 3.18. The van der Waals surface area contributed by atoms with Crippen molar-refractivity contribution < 1.29 is 9.47 Å². The van der Waals surface area contributed by atoms with Gasteiger partial charge in [0.15, 0.2) is 5.82 Å². The average Bonchev–Trinajstić information content (AvgIpc) is 2.97. The van der Waals surface area contributed by atoms with Crippen molar-refractivity contribution in [1.29, 1.82) is 0 Å². The predicted molar refractivity (Wildman–Crippen MR) is 82.9 cm³/mol. The van der Waals surface area contributed by atoms with Gasteiger partial charge in [0.1, 0.15) is 23.3 Å². The lowest BCUT2D eigenvalue weighted by Gasteiger charge is -2.04. The molecule has 0 aliphatic rings. The minimum atomic E-state index is 0.396. The van der Waals surface area contributed by atoms with Crippen molar-refractivity contribution >= 4 is 11.3 Å². The van der Waals surface area contributed by atoms with Crippen LogP contribution in [-0.2, 0) is 0 Å². The molecule has 6 heteroatoms. The molecule has 0 saturated carbocycles. The Bertz CT molecular complexity index is 868. The van der Waals surface area contributed by atoms with Crippen molar-refractivity contribution in [3.63, 3.8) is 0 Å². The zero-order valence-corrected chi connectivity index (χ0v) is 12.2. The second kappa shape index (κ2) is 5.66. The first kappa shape index (κ1) is 13.8. The summed E-state index contributed by atoms with van der Waals surface area (Å²) < 4.78 is 12.1. The first-order valence-electron chi connectivity index (χ1n) is 6.54. The van der Waals surface area contributed by atoms with Gasteiger partial charge in [-0.05, 0) is 18.2 Å². The van der Waals surface area contributed by atoms with E-state index in [0.717, 1.165) is 11.1 Å². The minimum Gasteiger partial charge on any atom is -0.497 e. The number of hydrogen-bond acceptors (Lipinski definition) is 5. The highest BCUT2D eigenvalue weighted by Crippen LogP contribution is 2.22. The first-order chi connectivity index (χ1) is 10.7. The number of aromatic nitrogens is 3. The zero-order chi connectivity index (χ0) is 15.5. The summed E-state index contributed by atoms with van der Waals surface area (Å²) in [6, 6.07) is 7.33. The zero-order valence-electron chi connectivity index (χ0n) is 12.2. The molecule has 0 bridgehead atoms. The fraction of sp³-hybridized carbons (Fsp3) is 0.125. The van der Waals surface area contributed by atoms with Crippen molar-refractivity contribution in [3.8, 4) is 23.3 Å². The molecule has 0 aliphatic heterocycles. The van der Waals surface area contributed by atoms with E-state index in [-0.39, 0.29) is 0 Å². The Kier molecular flexibility index (Phi) is 3.54. The van der Waals surface area contributed by atoms with Gasteiger partial charge in [-0.15, -0.1) is 0 Å². The topological polar surface area (TPSA) is 74.7 Å². The molecule has 2 heterocycles. The molecule has 0 saturated heterocycles. The monoisotopic (exact) mass is 294 g/mol. The Morgan fingerprint density at radius 3 is 2.50 bits per heavy atom. The van der Waals surface area contributed by atoms with Crippen LogP contribution in [-0.4, -0.2) is 28.8 Å². The molecule has 3 aromatic rings. The summed E-state index contributed by atoms with van der Waals surface area (Å²) in [6.07, 6.45) is 3.20. The molecule has 22 heavy (non-hydrogen) atoms. The van der Waals surface area contributed by atoms with Gasteiger partial charge in [0.05, 0.1) is 19.8 Å². The van der Waals surface area contributed by atoms with Gasteiger partial charge in [-0.1, -0.05) is 11.8 Å². The van der Waals surface area contributed by atoms with Crippen LogP contribution in [0.2, 0.25) is 0 Å². The highest BCUT2D eigenvalue weighted by molar-refractivity contribution is 5.74. The molecule has 1 aromatic carbocycles. The van der Waals surface area contributed by atoms with E-state index in [0.29, 0.717) is 22.8 Å². The standard InChI is InChI=1S/C16H14N4O2/c1-21-13-7-11(8-14(9-13)22-2)3-4-12-5-6-20-15(12)16(17)18-10-19-20/h5-10H,1-2H3,(H2,17,18,19). The molecule has 3 rings (SSSR count). The number of nitrogen functional groups attached to an aromatic ring is 1. The number of benzene rings is 1. The summed E-state index contributed by atoms with van der Waals surface area (Å²) in [4.78, 5) is 3.99. The van der Waals surface area contributed by atoms with Crippen LogP contribution in [0.5, 0.6) is 11.5 Å². The van der Waals surface area contributed by atoms with E-state index in [1.807, 2.05) is 18.2 Å². The predicted octanol–water partition coefficient (Wildman–Crippen LogP) is 1.73. The third-order valence-corrected chi connectivity index (χ3v) is 3.18. The maximum absolute atomic E-state index is 5.88. The van der Waals surface area contributed by atoms with Gasteiger partial charge in [-0.25, -0.2) is 9.50 Å². The number of ether oxygens (including phenoxy) is 2. The Labute approximate surface area is 127 Å². The number of nitrogens with zero attached hydrogens (tertiary/aromatic N) is 3. The lowest BCUT2D eigenvalue weighted by Crippen LogP contribution is -1.98. The van der Waals surface area contributed by atoms with Crippen LogP contribution in [0.3, 0.4) is 0 Å². The molecule has 0 atom stereocenters. The van der Waals surface area contributed by atoms with Crippen LogP contribution in [0, 0.1) is 11.8 Å². The van der Waals surface area contributed by atoms with Crippen LogP contribution in [0.25, 0.3) is 5.52 Å². The van der Waals surface area contributed by atoms with E-state index in [9.17, 15) is 0 Å². The quantitative estimate of drug-likeness (QED) is 0.729. The van der Waals surface area contributed by atoms with E-state index in [4.69, 9.17) is 15.2 Å². The van der Waals surface area contributed by atoms with Crippen molar-refractivity contribution in [2.45, 2.75) is 0 Å². The van der Waals surface area contributed by atoms with Gasteiger partial charge in [0.2, 0.25) is 0 Å². The maximum atomic E-state index is 5.88. The van der Waals surface area contributed by atoms with Gasteiger partial charge < -0.3 is 15.2 Å². The molecule has 0 aliphatic carbocycles. The van der Waals surface area contributed by atoms with E-state index in [2.05, 4.69) is 21.9 Å². The van der Waals surface area contributed by atoms with E-state index >= 15 is 0 Å². The van der Waals surface area contributed by atoms with Gasteiger partial charge in [-0.3, -0.25) is 0 Å². The average molecular weight is 294 g/mol. The number of fused-ring (bicyclic) bond motifs is 1. The molecular weight excluding hydrogens is 280 g/mol. The van der Waals surface area contributed by atoms with Gasteiger partial charge in [-0.2, -0.15) is 5.10 Å². The fourth-order valence-corrected chi connectivity index (χ4v) is 2.10. The molecule has 0 fully saturated rings. The molecule has 0 unspecified atom stereocenters. The molecule has 0 amide bonds. The summed E-state index contributed by atoms with van der Waals surface area (Å²) in [6.45, 7) is 0. The minimum absolute atomic E-state index is 0.396. The van der Waals surface area contributed by atoms with Crippen LogP contribution >= 0.6 is 0 Å². The third kappa shape index (κ3) is 2.52. The molecule has 6 nitrogen and oxygen atoms in total. The van der Waals surface area contributed by atoms with Gasteiger partial charge in [0.25, 0.3) is 0 Å². The number of anilines is 1. The highest BCUT2D eigenvalue weighted by atomic mass is 16.5. The second-order valence-corrected chi connectivity index (χ2v) is 4.52. The summed E-state index contributed by atoms with van der Waals surface area (Å²) in [5.74, 6) is 7.94. The van der Waals surface area contributed by atoms with Gasteiger partial charge >= 0.3 is 0 Å². The smallest absolute Gasteiger partial charge is 0.152 e. The largest absolute Gasteiger partial charge is 0.497 e. The Morgan fingerprint density at radius 2 is 1.82 bits per heavy atom. The van der Waals surface area contributed by atoms with Crippen molar-refractivity contribution in [2.24, 2.45) is 0 Å². The number of rotatable bonds is 2. The number of hydrogen-bond donors (Lipinski definition) is 1. The normalized spacial score (nSPS) is 10.1. The summed E-state index contributed by atoms with van der Waals surface area (Å²) in [5.41, 5.74) is 8.13. The molecule has 0 radical (unpaired) electrons. The Morgan fingerprint density at radius 1 is 1.09 bits per heavy atom. The Balaban J connectivity index is 2.05. The fourth-order valence-electron chi connectivity index (χ4n) is 2.10. The molecule has 110 valence electrons. The van der Waals surface area contributed by atoms with Crippen LogP contribution in [0.15, 0.2) is 36.8 Å². The number of methoxy groups -OCH3 is 2. The SMILES string of the molecule is COc1cc(C#Cc2ccn3ncnc(N)c23)cc(OC)c1. The summed E-state index contributed by atoms with van der Waals surface area (Å²) >= 11 is 0. The van der Waals surface area contributed by atoms with E-state index < -0.39 is 0 Å². The van der Waals surface area contributed by atoms with Crippen molar-refractivity contribution in [1.82, 2.24) is 14.6 Å². The molecule has 2 N–H and O–H groups in total. The Hall–Kier alpha value is -3.20. The molecule has 2 aromatic heterocycles. The van der Waals surface area contributed by atoms with E-state index in [1.165, 1.54) is 6.33 Å². The first-order valence-corrected chi connectivity index (χ1v) is 6.54. The van der Waals surface area contributed by atoms with E-state index in [1.54, 1.807) is 31.0 Å². The van der Waals surface area contributed by atoms with Crippen LogP contribution in [0.4, 0.5) is 5.82 Å². The van der Waals surface area contributed by atoms with Crippen molar-refractivity contribution in [2.75, 3.05) is 20.0 Å². The molecular formula is C16H14N4O2. The lowest BCUT2D eigenvalue weighted by atomic mass is 10.2. The van der Waals surface area contributed by atoms with Crippen molar-refractivity contribution in [3.05, 3.63) is 47.9 Å². The second-order valence-electron chi connectivity index (χ2n) is 4.52. The maximum Gasteiger partial charge on any atom is 0.152 e. The summed E-state index contributed by atoms with van der Waals surface area (Å²) in [5, 5.41) is 4.09. The number of nitrogens with two attached hydrogens (primary N) is 1.